The SMILES string of the molecule is Cc1ccc2oc3c(c(=O)c2c1)[C@H](c1cccs1)N(CCCN(C)C)C3=O. The van der Waals surface area contributed by atoms with E-state index in [1.54, 1.807) is 22.3 Å². The van der Waals surface area contributed by atoms with Crippen molar-refractivity contribution >= 4 is 28.2 Å². The maximum atomic E-state index is 13.3. The van der Waals surface area contributed by atoms with Crippen LogP contribution in [-0.2, 0) is 0 Å². The van der Waals surface area contributed by atoms with Crippen molar-refractivity contribution in [1.29, 1.82) is 0 Å². The van der Waals surface area contributed by atoms with Crippen molar-refractivity contribution in [3.05, 3.63) is 67.7 Å². The lowest BCUT2D eigenvalue weighted by molar-refractivity contribution is 0.0724. The van der Waals surface area contributed by atoms with Gasteiger partial charge in [0.25, 0.3) is 5.91 Å². The molecule has 1 atom stereocenters. The minimum atomic E-state index is -0.365. The van der Waals surface area contributed by atoms with Crippen LogP contribution in [0.3, 0.4) is 0 Å². The van der Waals surface area contributed by atoms with E-state index in [0.717, 1.165) is 23.4 Å². The Morgan fingerprint density at radius 3 is 2.74 bits per heavy atom. The standard InChI is InChI=1S/C21H22N2O3S/c1-13-7-8-15-14(12-13)19(24)17-18(16-6-4-11-27-16)23(10-5-9-22(2)3)21(25)20(17)26-15/h4,6-8,11-12,18H,5,9-10H2,1-3H3/t18-/m0/s1. The van der Waals surface area contributed by atoms with Gasteiger partial charge in [-0.2, -0.15) is 0 Å². The zero-order chi connectivity index (χ0) is 19.1. The Kier molecular flexibility index (Phi) is 4.61. The summed E-state index contributed by atoms with van der Waals surface area (Å²) in [6.07, 6.45) is 0.835. The molecule has 4 rings (SSSR count). The predicted molar refractivity (Wildman–Crippen MR) is 108 cm³/mol. The van der Waals surface area contributed by atoms with E-state index in [1.807, 2.05) is 50.7 Å². The molecule has 0 aliphatic carbocycles. The molecule has 27 heavy (non-hydrogen) atoms. The molecule has 0 N–H and O–H groups in total. The van der Waals surface area contributed by atoms with Crippen molar-refractivity contribution in [1.82, 2.24) is 9.80 Å². The topological polar surface area (TPSA) is 53.8 Å². The first kappa shape index (κ1) is 17.9. The molecule has 3 heterocycles. The van der Waals surface area contributed by atoms with Gasteiger partial charge < -0.3 is 14.2 Å². The molecule has 140 valence electrons. The summed E-state index contributed by atoms with van der Waals surface area (Å²) >= 11 is 1.56. The molecule has 1 aromatic carbocycles. The Hall–Kier alpha value is -2.44. The third kappa shape index (κ3) is 3.09. The van der Waals surface area contributed by atoms with Gasteiger partial charge in [0.1, 0.15) is 5.58 Å². The summed E-state index contributed by atoms with van der Waals surface area (Å²) in [4.78, 5) is 31.3. The average Bonchev–Trinajstić information content (AvgIpc) is 3.24. The highest BCUT2D eigenvalue weighted by atomic mass is 32.1. The molecule has 2 aromatic heterocycles. The largest absolute Gasteiger partial charge is 0.450 e. The zero-order valence-corrected chi connectivity index (χ0v) is 16.5. The molecule has 1 aliphatic rings. The van der Waals surface area contributed by atoms with Crippen LogP contribution in [0.4, 0.5) is 0 Å². The van der Waals surface area contributed by atoms with Crippen molar-refractivity contribution in [3.63, 3.8) is 0 Å². The first-order chi connectivity index (χ1) is 13.0. The second-order valence-corrected chi connectivity index (χ2v) is 8.23. The summed E-state index contributed by atoms with van der Waals surface area (Å²) in [7, 11) is 4.02. The molecule has 1 aliphatic heterocycles. The number of thiophene rings is 1. The van der Waals surface area contributed by atoms with E-state index in [-0.39, 0.29) is 23.1 Å². The van der Waals surface area contributed by atoms with Gasteiger partial charge in [-0.25, -0.2) is 0 Å². The van der Waals surface area contributed by atoms with E-state index < -0.39 is 0 Å². The highest BCUT2D eigenvalue weighted by molar-refractivity contribution is 7.10. The molecule has 0 unspecified atom stereocenters. The molecule has 0 bridgehead atoms. The van der Waals surface area contributed by atoms with Crippen molar-refractivity contribution in [3.8, 4) is 0 Å². The van der Waals surface area contributed by atoms with Crippen LogP contribution in [0.5, 0.6) is 0 Å². The Morgan fingerprint density at radius 1 is 1.22 bits per heavy atom. The van der Waals surface area contributed by atoms with E-state index >= 15 is 0 Å². The number of hydrogen-bond acceptors (Lipinski definition) is 5. The fraction of sp³-hybridized carbons (Fsp3) is 0.333. The van der Waals surface area contributed by atoms with E-state index in [0.29, 0.717) is 23.1 Å². The van der Waals surface area contributed by atoms with E-state index in [4.69, 9.17) is 4.42 Å². The van der Waals surface area contributed by atoms with Crippen LogP contribution in [0, 0.1) is 6.92 Å². The van der Waals surface area contributed by atoms with E-state index in [1.165, 1.54) is 0 Å². The predicted octanol–water partition coefficient (Wildman–Crippen LogP) is 3.66. The summed E-state index contributed by atoms with van der Waals surface area (Å²) in [6.45, 7) is 3.40. The summed E-state index contributed by atoms with van der Waals surface area (Å²) in [5.41, 5.74) is 1.84. The summed E-state index contributed by atoms with van der Waals surface area (Å²) < 4.78 is 5.94. The number of aryl methyl sites for hydroxylation is 1. The van der Waals surface area contributed by atoms with Gasteiger partial charge in [-0.05, 0) is 57.6 Å². The molecule has 0 saturated carbocycles. The number of carbonyl (C=O) groups is 1. The Balaban J connectivity index is 1.86. The number of carbonyl (C=O) groups excluding carboxylic acids is 1. The van der Waals surface area contributed by atoms with Gasteiger partial charge in [0.05, 0.1) is 17.0 Å². The maximum Gasteiger partial charge on any atom is 0.290 e. The third-order valence-corrected chi connectivity index (χ3v) is 5.86. The van der Waals surface area contributed by atoms with Crippen LogP contribution in [-0.4, -0.2) is 42.9 Å². The maximum absolute atomic E-state index is 13.3. The normalized spacial score (nSPS) is 16.5. The van der Waals surface area contributed by atoms with Gasteiger partial charge in [0, 0.05) is 11.4 Å². The van der Waals surface area contributed by atoms with Gasteiger partial charge >= 0.3 is 0 Å². The Morgan fingerprint density at radius 2 is 2.04 bits per heavy atom. The second-order valence-electron chi connectivity index (χ2n) is 7.25. The molecule has 0 spiro atoms. The molecular weight excluding hydrogens is 360 g/mol. The van der Waals surface area contributed by atoms with Crippen LogP contribution < -0.4 is 5.43 Å². The summed E-state index contributed by atoms with van der Waals surface area (Å²) in [6, 6.07) is 9.07. The molecule has 1 amide bonds. The van der Waals surface area contributed by atoms with Crippen molar-refractivity contribution in [2.45, 2.75) is 19.4 Å². The Bertz CT molecular complexity index is 1050. The zero-order valence-electron chi connectivity index (χ0n) is 15.7. The van der Waals surface area contributed by atoms with Crippen molar-refractivity contribution in [2.75, 3.05) is 27.2 Å². The molecule has 0 saturated heterocycles. The molecular formula is C21H22N2O3S. The van der Waals surface area contributed by atoms with Crippen LogP contribution in [0.25, 0.3) is 11.0 Å². The van der Waals surface area contributed by atoms with Crippen LogP contribution in [0.15, 0.2) is 44.9 Å². The van der Waals surface area contributed by atoms with Crippen molar-refractivity contribution in [2.24, 2.45) is 0 Å². The summed E-state index contributed by atoms with van der Waals surface area (Å²) in [5, 5.41) is 2.51. The molecule has 0 radical (unpaired) electrons. The lowest BCUT2D eigenvalue weighted by Crippen LogP contribution is -2.31. The Labute approximate surface area is 161 Å². The first-order valence-electron chi connectivity index (χ1n) is 9.04. The van der Waals surface area contributed by atoms with Gasteiger partial charge in [0.2, 0.25) is 5.76 Å². The van der Waals surface area contributed by atoms with Crippen LogP contribution in [0.1, 0.15) is 39.0 Å². The number of fused-ring (bicyclic) bond motifs is 2. The quantitative estimate of drug-likeness (QED) is 0.676. The smallest absolute Gasteiger partial charge is 0.290 e. The average molecular weight is 382 g/mol. The first-order valence-corrected chi connectivity index (χ1v) is 9.92. The summed E-state index contributed by atoms with van der Waals surface area (Å²) in [5.74, 6) is 0.00124. The lowest BCUT2D eigenvalue weighted by atomic mass is 10.0. The monoisotopic (exact) mass is 382 g/mol. The minimum Gasteiger partial charge on any atom is -0.450 e. The van der Waals surface area contributed by atoms with Gasteiger partial charge in [-0.3, -0.25) is 9.59 Å². The number of nitrogens with zero attached hydrogens (tertiary/aromatic N) is 2. The lowest BCUT2D eigenvalue weighted by Gasteiger charge is -2.24. The van der Waals surface area contributed by atoms with Gasteiger partial charge in [-0.1, -0.05) is 17.7 Å². The number of rotatable bonds is 5. The number of hydrogen-bond donors (Lipinski definition) is 0. The van der Waals surface area contributed by atoms with Gasteiger partial charge in [-0.15, -0.1) is 11.3 Å². The third-order valence-electron chi connectivity index (χ3n) is 4.94. The number of benzene rings is 1. The highest BCUT2D eigenvalue weighted by Crippen LogP contribution is 2.39. The molecule has 0 fully saturated rings. The minimum absolute atomic E-state index is 0.100. The fourth-order valence-corrected chi connectivity index (χ4v) is 4.51. The fourth-order valence-electron chi connectivity index (χ4n) is 3.66. The molecule has 5 nitrogen and oxygen atoms in total. The van der Waals surface area contributed by atoms with E-state index in [2.05, 4.69) is 4.90 Å². The second kappa shape index (κ2) is 6.94. The number of amides is 1. The van der Waals surface area contributed by atoms with Crippen molar-refractivity contribution < 1.29 is 9.21 Å². The van der Waals surface area contributed by atoms with E-state index in [9.17, 15) is 9.59 Å². The van der Waals surface area contributed by atoms with Crippen LogP contribution >= 0.6 is 11.3 Å². The molecule has 3 aromatic rings. The van der Waals surface area contributed by atoms with Gasteiger partial charge in [0.15, 0.2) is 5.43 Å². The molecule has 6 heteroatoms. The van der Waals surface area contributed by atoms with Crippen LogP contribution in [0.2, 0.25) is 0 Å². The highest BCUT2D eigenvalue weighted by Gasteiger charge is 2.42.